The largest absolute Gasteiger partial charge is 0.508 e. The summed E-state index contributed by atoms with van der Waals surface area (Å²) in [4.78, 5) is 11.5. The quantitative estimate of drug-likeness (QED) is 0.581. The number of aliphatic imine (C=N–C) groups is 1. The second kappa shape index (κ2) is 7.99. The van der Waals surface area contributed by atoms with Gasteiger partial charge in [-0.2, -0.15) is 0 Å². The van der Waals surface area contributed by atoms with Gasteiger partial charge in [0.1, 0.15) is 5.76 Å². The Hall–Kier alpha value is -2.66. The van der Waals surface area contributed by atoms with Gasteiger partial charge in [0.15, 0.2) is 0 Å². The molecular formula is C24H30N4O. The van der Waals surface area contributed by atoms with E-state index in [4.69, 9.17) is 4.98 Å². The van der Waals surface area contributed by atoms with Crippen LogP contribution < -0.4 is 0 Å². The smallest absolute Gasteiger partial charge is 0.120 e. The van der Waals surface area contributed by atoms with E-state index in [0.29, 0.717) is 0 Å². The highest BCUT2D eigenvalue weighted by atomic mass is 16.3. The van der Waals surface area contributed by atoms with E-state index in [1.54, 1.807) is 6.08 Å². The highest BCUT2D eigenvalue weighted by Gasteiger charge is 2.24. The van der Waals surface area contributed by atoms with Crippen molar-refractivity contribution in [2.45, 2.75) is 52.5 Å². The molecule has 0 bridgehead atoms. The second-order valence-electron chi connectivity index (χ2n) is 8.12. The molecule has 2 aromatic rings. The highest BCUT2D eigenvalue weighted by Crippen LogP contribution is 2.37. The van der Waals surface area contributed by atoms with E-state index in [0.717, 1.165) is 78.8 Å². The van der Waals surface area contributed by atoms with Crippen molar-refractivity contribution >= 4 is 24.0 Å². The van der Waals surface area contributed by atoms with Crippen LogP contribution in [0.3, 0.4) is 0 Å². The molecule has 0 saturated carbocycles. The molecule has 5 nitrogen and oxygen atoms in total. The molecule has 0 amide bonds. The van der Waals surface area contributed by atoms with Crippen LogP contribution in [-0.4, -0.2) is 39.9 Å². The van der Waals surface area contributed by atoms with E-state index in [-0.39, 0.29) is 5.76 Å². The molecule has 0 radical (unpaired) electrons. The summed E-state index contributed by atoms with van der Waals surface area (Å²) in [6.45, 7) is 9.65. The molecule has 152 valence electrons. The summed E-state index contributed by atoms with van der Waals surface area (Å²) in [7, 11) is 2.18. The first-order chi connectivity index (χ1) is 14.0. The van der Waals surface area contributed by atoms with Crippen molar-refractivity contribution in [3.8, 4) is 0 Å². The standard InChI is InChI=1S/C24H30N4O/c1-5-22(29)23-17(8-6-9-19(23)25-3)14-28-20-10-7-13-27(4)15-18(20)24-21(28)12-11-16(2)26-24/h5,11-12,14,29H,3,6-10,13,15H2,1-2,4H3/b17-14+,22-5+. The minimum Gasteiger partial charge on any atom is -0.508 e. The average Bonchev–Trinajstić information content (AvgIpc) is 2.86. The number of fused-ring (bicyclic) bond motifs is 3. The average molecular weight is 391 g/mol. The van der Waals surface area contributed by atoms with Crippen molar-refractivity contribution in [1.29, 1.82) is 0 Å². The fourth-order valence-corrected chi connectivity index (χ4v) is 4.62. The van der Waals surface area contributed by atoms with Crippen LogP contribution in [0.25, 0.3) is 17.2 Å². The number of hydrogen-bond donors (Lipinski definition) is 1. The van der Waals surface area contributed by atoms with Crippen LogP contribution in [-0.2, 0) is 13.0 Å². The van der Waals surface area contributed by atoms with Gasteiger partial charge < -0.3 is 14.6 Å². The summed E-state index contributed by atoms with van der Waals surface area (Å²) in [6.07, 6.45) is 8.90. The topological polar surface area (TPSA) is 53.7 Å². The molecule has 4 rings (SSSR count). The summed E-state index contributed by atoms with van der Waals surface area (Å²) >= 11 is 0. The Balaban J connectivity index is 1.97. The zero-order chi connectivity index (χ0) is 20.5. The molecule has 0 atom stereocenters. The number of allylic oxidation sites excluding steroid dienone is 3. The first-order valence-electron chi connectivity index (χ1n) is 10.5. The van der Waals surface area contributed by atoms with Gasteiger partial charge >= 0.3 is 0 Å². The number of hydrogen-bond acceptors (Lipinski definition) is 4. The molecule has 1 N–H and O–H groups in total. The molecule has 2 aliphatic rings. The number of nitrogens with zero attached hydrogens (tertiary/aromatic N) is 4. The Labute approximate surface area is 172 Å². The predicted octanol–water partition coefficient (Wildman–Crippen LogP) is 5.16. The molecule has 0 fully saturated rings. The first kappa shape index (κ1) is 19.6. The maximum atomic E-state index is 10.6. The lowest BCUT2D eigenvalue weighted by molar-refractivity contribution is 0.333. The molecule has 0 saturated heterocycles. The molecule has 2 aromatic heterocycles. The van der Waals surface area contributed by atoms with E-state index in [1.807, 2.05) is 6.92 Å². The molecule has 5 heteroatoms. The van der Waals surface area contributed by atoms with Crippen LogP contribution in [0.15, 0.2) is 45.8 Å². The zero-order valence-electron chi connectivity index (χ0n) is 17.7. The van der Waals surface area contributed by atoms with Gasteiger partial charge in [-0.1, -0.05) is 0 Å². The zero-order valence-corrected chi connectivity index (χ0v) is 17.7. The van der Waals surface area contributed by atoms with E-state index in [1.165, 1.54) is 11.3 Å². The Bertz CT molecular complexity index is 1050. The fraction of sp³-hybridized carbons (Fsp3) is 0.417. The Morgan fingerprint density at radius 3 is 2.83 bits per heavy atom. The van der Waals surface area contributed by atoms with Crippen molar-refractivity contribution in [1.82, 2.24) is 14.5 Å². The van der Waals surface area contributed by atoms with E-state index in [2.05, 4.69) is 53.5 Å². The van der Waals surface area contributed by atoms with Crippen molar-refractivity contribution in [2.75, 3.05) is 13.6 Å². The molecule has 0 aromatic carbocycles. The van der Waals surface area contributed by atoms with Gasteiger partial charge in [0.2, 0.25) is 0 Å². The molecule has 1 aliphatic heterocycles. The first-order valence-corrected chi connectivity index (χ1v) is 10.5. The third-order valence-electron chi connectivity index (χ3n) is 6.05. The third-order valence-corrected chi connectivity index (χ3v) is 6.05. The van der Waals surface area contributed by atoms with Crippen LogP contribution in [0.1, 0.15) is 49.6 Å². The molecule has 29 heavy (non-hydrogen) atoms. The number of pyridine rings is 1. The van der Waals surface area contributed by atoms with Gasteiger partial charge in [-0.25, -0.2) is 0 Å². The van der Waals surface area contributed by atoms with E-state index < -0.39 is 0 Å². The SMILES string of the molecule is C=NC1=C(/C(O)=C\C)/C(=C/n2c3c(c4nc(C)ccc42)CN(C)CCC3)CCC1. The van der Waals surface area contributed by atoms with Gasteiger partial charge in [-0.3, -0.25) is 9.98 Å². The van der Waals surface area contributed by atoms with Crippen LogP contribution >= 0.6 is 0 Å². The summed E-state index contributed by atoms with van der Waals surface area (Å²) in [5.74, 6) is 0.287. The summed E-state index contributed by atoms with van der Waals surface area (Å²) in [5.41, 5.74) is 8.80. The lowest BCUT2D eigenvalue weighted by atomic mass is 9.90. The molecular weight excluding hydrogens is 360 g/mol. The summed E-state index contributed by atoms with van der Waals surface area (Å²) in [5, 5.41) is 10.6. The second-order valence-corrected chi connectivity index (χ2v) is 8.12. The van der Waals surface area contributed by atoms with Crippen LogP contribution in [0.4, 0.5) is 0 Å². The van der Waals surface area contributed by atoms with E-state index >= 15 is 0 Å². The molecule has 0 unspecified atom stereocenters. The normalized spacial score (nSPS) is 20.2. The van der Waals surface area contributed by atoms with Gasteiger partial charge in [0, 0.05) is 35.3 Å². The lowest BCUT2D eigenvalue weighted by Crippen LogP contribution is -2.17. The number of aliphatic hydroxyl groups is 1. The number of aryl methyl sites for hydroxylation is 1. The fourth-order valence-electron chi connectivity index (χ4n) is 4.62. The third kappa shape index (κ3) is 3.55. The molecule has 0 spiro atoms. The van der Waals surface area contributed by atoms with Crippen LogP contribution in [0.5, 0.6) is 0 Å². The number of aliphatic hydroxyl groups excluding tert-OH is 1. The molecule has 1 aliphatic carbocycles. The highest BCUT2D eigenvalue weighted by molar-refractivity contribution is 5.84. The maximum Gasteiger partial charge on any atom is 0.120 e. The van der Waals surface area contributed by atoms with Crippen LogP contribution in [0, 0.1) is 6.92 Å². The lowest BCUT2D eigenvalue weighted by Gasteiger charge is -2.21. The number of aromatic nitrogens is 2. The Morgan fingerprint density at radius 2 is 2.07 bits per heavy atom. The van der Waals surface area contributed by atoms with Gasteiger partial charge in [-0.15, -0.1) is 0 Å². The Kier molecular flexibility index (Phi) is 5.41. The van der Waals surface area contributed by atoms with E-state index in [9.17, 15) is 5.11 Å². The minimum atomic E-state index is 0.287. The van der Waals surface area contributed by atoms with Crippen molar-refractivity contribution < 1.29 is 5.11 Å². The maximum absolute atomic E-state index is 10.6. The van der Waals surface area contributed by atoms with Gasteiger partial charge in [-0.05, 0) is 90.0 Å². The van der Waals surface area contributed by atoms with Gasteiger partial charge in [0.05, 0.1) is 16.7 Å². The summed E-state index contributed by atoms with van der Waals surface area (Å²) in [6, 6.07) is 4.26. The van der Waals surface area contributed by atoms with Crippen LogP contribution in [0.2, 0.25) is 0 Å². The monoisotopic (exact) mass is 390 g/mol. The predicted molar refractivity (Wildman–Crippen MR) is 120 cm³/mol. The molecule has 3 heterocycles. The summed E-state index contributed by atoms with van der Waals surface area (Å²) < 4.78 is 2.32. The van der Waals surface area contributed by atoms with Crippen molar-refractivity contribution in [2.24, 2.45) is 4.99 Å². The Morgan fingerprint density at radius 1 is 1.24 bits per heavy atom. The minimum absolute atomic E-state index is 0.287. The van der Waals surface area contributed by atoms with Crippen molar-refractivity contribution in [3.63, 3.8) is 0 Å². The number of rotatable bonds is 3. The van der Waals surface area contributed by atoms with Gasteiger partial charge in [0.25, 0.3) is 0 Å². The van der Waals surface area contributed by atoms with Crippen molar-refractivity contribution in [3.05, 3.63) is 57.8 Å².